The second kappa shape index (κ2) is 8.43. The van der Waals surface area contributed by atoms with Crippen molar-refractivity contribution in [1.82, 2.24) is 11.0 Å². The summed E-state index contributed by atoms with van der Waals surface area (Å²) in [6.45, 7) is 0. The number of nitrogens with one attached hydrogen (secondary N) is 3. The Bertz CT molecular complexity index is 904. The van der Waals surface area contributed by atoms with Gasteiger partial charge in [0.25, 0.3) is 5.91 Å². The number of anilines is 1. The lowest BCUT2D eigenvalue weighted by molar-refractivity contribution is -0.591. The molecule has 0 spiro atoms. The van der Waals surface area contributed by atoms with Crippen LogP contribution in [0.3, 0.4) is 0 Å². The normalized spacial score (nSPS) is 12.1. The number of phenolic OH excluding ortho intramolecular Hbond substituents is 1. The van der Waals surface area contributed by atoms with Crippen LogP contribution in [0.25, 0.3) is 0 Å². The molecule has 1 amide bonds. The molecule has 1 atom stereocenters. The van der Waals surface area contributed by atoms with Crippen molar-refractivity contribution in [1.29, 1.82) is 0 Å². The summed E-state index contributed by atoms with van der Waals surface area (Å²) in [6, 6.07) is 7.72. The van der Waals surface area contributed by atoms with Gasteiger partial charge in [0, 0.05) is 11.3 Å². The first kappa shape index (κ1) is 20.8. The molecule has 4 N–H and O–H groups in total. The minimum atomic E-state index is -4.73. The van der Waals surface area contributed by atoms with Crippen LogP contribution in [0.15, 0.2) is 47.6 Å². The zero-order chi connectivity index (χ0) is 20.9. The number of rotatable bonds is 7. The number of alkyl halides is 3. The second-order valence-electron chi connectivity index (χ2n) is 5.61. The zero-order valence-corrected chi connectivity index (χ0v) is 14.3. The summed E-state index contributed by atoms with van der Waals surface area (Å²) >= 11 is 0. The first-order valence-electron chi connectivity index (χ1n) is 7.67. The summed E-state index contributed by atoms with van der Waals surface area (Å²) in [5, 5.41) is 14.6. The SMILES string of the molecule is C[N+](=O)NNC(N=O)c1cccc(NC(=O)c2cc(O)cc(C(F)(F)F)c2)c1. The van der Waals surface area contributed by atoms with Crippen LogP contribution in [0.1, 0.15) is 27.7 Å². The predicted molar refractivity (Wildman–Crippen MR) is 91.9 cm³/mol. The van der Waals surface area contributed by atoms with E-state index in [-0.39, 0.29) is 11.3 Å². The minimum absolute atomic E-state index is 0.158. The van der Waals surface area contributed by atoms with E-state index in [1.54, 1.807) is 0 Å². The quantitative estimate of drug-likeness (QED) is 0.323. The Labute approximate surface area is 156 Å². The van der Waals surface area contributed by atoms with Crippen LogP contribution >= 0.6 is 0 Å². The van der Waals surface area contributed by atoms with Gasteiger partial charge in [-0.05, 0) is 41.1 Å². The van der Waals surface area contributed by atoms with Gasteiger partial charge in [-0.3, -0.25) is 4.79 Å². The molecule has 0 aliphatic rings. The van der Waals surface area contributed by atoms with E-state index in [0.717, 1.165) is 13.1 Å². The molecule has 2 aromatic rings. The Morgan fingerprint density at radius 3 is 2.54 bits per heavy atom. The summed E-state index contributed by atoms with van der Waals surface area (Å²) < 4.78 is 38.5. The standard InChI is InChI=1S/C16H14F3N5O4/c1-24(28)23-21-14(22-27)9-3-2-4-12(6-9)20-15(26)10-5-11(16(17,18)19)8-13(25)7-10/h2-8,14,21H,1H3,(H2-,20,23,25,26,28)/p+1. The smallest absolute Gasteiger partial charge is 0.416 e. The third-order valence-corrected chi connectivity index (χ3v) is 3.43. The van der Waals surface area contributed by atoms with Gasteiger partial charge in [-0.25, -0.2) is 0 Å². The number of nitroso groups, excluding NO2 is 2. The van der Waals surface area contributed by atoms with Gasteiger partial charge in [0.15, 0.2) is 6.17 Å². The maximum Gasteiger partial charge on any atom is 0.416 e. The Morgan fingerprint density at radius 1 is 1.21 bits per heavy atom. The van der Waals surface area contributed by atoms with E-state index in [1.165, 1.54) is 24.3 Å². The number of amides is 1. The number of hydrogen-bond donors (Lipinski definition) is 4. The summed E-state index contributed by atoms with van der Waals surface area (Å²) in [6.07, 6.45) is -5.91. The van der Waals surface area contributed by atoms with E-state index in [9.17, 15) is 32.9 Å². The number of nitrogens with zero attached hydrogens (tertiary/aromatic N) is 2. The summed E-state index contributed by atoms with van der Waals surface area (Å²) in [5.74, 6) is -1.62. The van der Waals surface area contributed by atoms with Crippen molar-refractivity contribution < 1.29 is 27.9 Å². The highest BCUT2D eigenvalue weighted by atomic mass is 19.4. The molecule has 9 nitrogen and oxygen atoms in total. The molecule has 0 radical (unpaired) electrons. The highest BCUT2D eigenvalue weighted by Gasteiger charge is 2.32. The number of halogens is 3. The highest BCUT2D eigenvalue weighted by molar-refractivity contribution is 6.04. The lowest BCUT2D eigenvalue weighted by Gasteiger charge is -2.12. The average Bonchev–Trinajstić information content (AvgIpc) is 2.61. The van der Waals surface area contributed by atoms with Crippen LogP contribution in [-0.2, 0) is 6.18 Å². The molecule has 1 unspecified atom stereocenters. The fraction of sp³-hybridized carbons (Fsp3) is 0.188. The maximum atomic E-state index is 12.8. The van der Waals surface area contributed by atoms with E-state index in [0.29, 0.717) is 17.0 Å². The summed E-state index contributed by atoms with van der Waals surface area (Å²) in [7, 11) is 1.13. The van der Waals surface area contributed by atoms with Crippen molar-refractivity contribution in [2.24, 2.45) is 5.18 Å². The topological polar surface area (TPSA) is 123 Å². The van der Waals surface area contributed by atoms with Crippen LogP contribution in [0.4, 0.5) is 18.9 Å². The Hall–Kier alpha value is -3.54. The van der Waals surface area contributed by atoms with Crippen molar-refractivity contribution in [3.8, 4) is 5.75 Å². The molecule has 0 aromatic heterocycles. The summed E-state index contributed by atoms with van der Waals surface area (Å²) in [4.78, 5) is 34.3. The number of hydrazine groups is 2. The van der Waals surface area contributed by atoms with Gasteiger partial charge in [0.2, 0.25) is 7.05 Å². The van der Waals surface area contributed by atoms with Gasteiger partial charge in [-0.2, -0.15) is 18.6 Å². The number of carbonyl (C=O) groups excluding carboxylic acids is 1. The Balaban J connectivity index is 2.22. The van der Waals surface area contributed by atoms with Gasteiger partial charge in [0.1, 0.15) is 10.6 Å². The molecule has 0 fully saturated rings. The Kier molecular flexibility index (Phi) is 6.26. The first-order chi connectivity index (χ1) is 13.1. The number of hydrogen-bond acceptors (Lipinski definition) is 6. The molecule has 0 aliphatic carbocycles. The first-order valence-corrected chi connectivity index (χ1v) is 7.67. The van der Waals surface area contributed by atoms with Crippen molar-refractivity contribution in [3.05, 3.63) is 69.0 Å². The fourth-order valence-electron chi connectivity index (χ4n) is 2.22. The predicted octanol–water partition coefficient (Wildman–Crippen LogP) is 2.85. The van der Waals surface area contributed by atoms with E-state index < -0.39 is 35.1 Å². The molecule has 0 bridgehead atoms. The van der Waals surface area contributed by atoms with Crippen LogP contribution in [0.2, 0.25) is 0 Å². The van der Waals surface area contributed by atoms with Crippen LogP contribution in [0.5, 0.6) is 5.75 Å². The zero-order valence-electron chi connectivity index (χ0n) is 14.3. The molecule has 28 heavy (non-hydrogen) atoms. The van der Waals surface area contributed by atoms with Gasteiger partial charge in [-0.1, -0.05) is 17.7 Å². The molecule has 0 aliphatic heterocycles. The fourth-order valence-corrected chi connectivity index (χ4v) is 2.22. The van der Waals surface area contributed by atoms with E-state index in [2.05, 4.69) is 21.5 Å². The summed E-state index contributed by atoms with van der Waals surface area (Å²) in [5.41, 5.74) is 3.31. The Morgan fingerprint density at radius 2 is 1.93 bits per heavy atom. The molecule has 2 aromatic carbocycles. The lowest BCUT2D eigenvalue weighted by Crippen LogP contribution is -2.39. The van der Waals surface area contributed by atoms with Crippen LogP contribution in [0, 0.1) is 9.81 Å². The number of aromatic hydroxyl groups is 1. The average molecular weight is 398 g/mol. The van der Waals surface area contributed by atoms with Crippen molar-refractivity contribution in [2.75, 3.05) is 12.4 Å². The van der Waals surface area contributed by atoms with E-state index in [1.807, 2.05) is 0 Å². The molecule has 0 heterocycles. The van der Waals surface area contributed by atoms with Crippen LogP contribution in [-0.4, -0.2) is 22.9 Å². The van der Waals surface area contributed by atoms with Gasteiger partial charge in [0.05, 0.1) is 10.5 Å². The third-order valence-electron chi connectivity index (χ3n) is 3.43. The van der Waals surface area contributed by atoms with Crippen molar-refractivity contribution in [2.45, 2.75) is 12.3 Å². The number of benzene rings is 2. The number of phenols is 1. The maximum absolute atomic E-state index is 12.8. The van der Waals surface area contributed by atoms with Crippen molar-refractivity contribution >= 4 is 11.6 Å². The van der Waals surface area contributed by atoms with Crippen molar-refractivity contribution in [3.63, 3.8) is 0 Å². The van der Waals surface area contributed by atoms with E-state index >= 15 is 0 Å². The third kappa shape index (κ3) is 5.48. The molecule has 12 heteroatoms. The van der Waals surface area contributed by atoms with E-state index in [4.69, 9.17) is 0 Å². The lowest BCUT2D eigenvalue weighted by atomic mass is 10.1. The molecular formula is C16H15F3N5O4+. The molecule has 0 saturated heterocycles. The largest absolute Gasteiger partial charge is 0.508 e. The highest BCUT2D eigenvalue weighted by Crippen LogP contribution is 2.32. The van der Waals surface area contributed by atoms with Crippen LogP contribution < -0.4 is 16.3 Å². The number of carbonyl (C=O) groups is 1. The monoisotopic (exact) mass is 398 g/mol. The minimum Gasteiger partial charge on any atom is -0.508 e. The second-order valence-corrected chi connectivity index (χ2v) is 5.61. The molecule has 2 rings (SSSR count). The molecule has 148 valence electrons. The molecular weight excluding hydrogens is 383 g/mol. The van der Waals surface area contributed by atoms with Gasteiger partial charge < -0.3 is 10.4 Å². The van der Waals surface area contributed by atoms with Gasteiger partial charge >= 0.3 is 6.18 Å². The molecule has 0 saturated carbocycles. The van der Waals surface area contributed by atoms with Gasteiger partial charge in [-0.15, -0.1) is 4.91 Å².